The topological polar surface area (TPSA) is 81.0 Å². The minimum Gasteiger partial charge on any atom is -0.378 e. The molecular formula is C12H16FN7O. The maximum atomic E-state index is 13.8. The van der Waals surface area contributed by atoms with Crippen molar-refractivity contribution >= 4 is 11.8 Å². The third-order valence-corrected chi connectivity index (χ3v) is 3.13. The molecule has 0 bridgehead atoms. The maximum absolute atomic E-state index is 13.8. The van der Waals surface area contributed by atoms with Crippen LogP contribution in [0.1, 0.15) is 0 Å². The molecule has 0 atom stereocenters. The number of nitrogens with one attached hydrogen (secondary N) is 1. The second kappa shape index (κ2) is 6.44. The van der Waals surface area contributed by atoms with Gasteiger partial charge >= 0.3 is 0 Å². The molecule has 9 heteroatoms. The van der Waals surface area contributed by atoms with Crippen molar-refractivity contribution in [1.82, 2.24) is 24.7 Å². The van der Waals surface area contributed by atoms with Gasteiger partial charge in [-0.1, -0.05) is 0 Å². The second-order valence-electron chi connectivity index (χ2n) is 4.55. The molecule has 0 aromatic carbocycles. The van der Waals surface area contributed by atoms with Gasteiger partial charge < -0.3 is 15.0 Å². The van der Waals surface area contributed by atoms with E-state index in [1.807, 2.05) is 4.90 Å². The van der Waals surface area contributed by atoms with E-state index >= 15 is 0 Å². The standard InChI is InChI=1S/C12H16FN7O/c13-10-7-16-12(15-1-2-20-9-14-8-17-20)18-11(10)19-3-5-21-6-4-19/h7-9H,1-6H2,(H,15,16,18). The molecular weight excluding hydrogens is 277 g/mol. The van der Waals surface area contributed by atoms with Crippen molar-refractivity contribution in [2.75, 3.05) is 43.1 Å². The first kappa shape index (κ1) is 13.7. The van der Waals surface area contributed by atoms with Gasteiger partial charge in [0.2, 0.25) is 5.95 Å². The molecule has 0 amide bonds. The van der Waals surface area contributed by atoms with E-state index in [-0.39, 0.29) is 0 Å². The van der Waals surface area contributed by atoms with E-state index in [1.165, 1.54) is 12.5 Å². The van der Waals surface area contributed by atoms with Crippen molar-refractivity contribution in [3.05, 3.63) is 24.7 Å². The number of hydrogen-bond donors (Lipinski definition) is 1. The van der Waals surface area contributed by atoms with Crippen LogP contribution >= 0.6 is 0 Å². The first-order valence-electron chi connectivity index (χ1n) is 6.74. The van der Waals surface area contributed by atoms with Crippen LogP contribution in [0.3, 0.4) is 0 Å². The largest absolute Gasteiger partial charge is 0.378 e. The molecule has 1 aliphatic rings. The van der Waals surface area contributed by atoms with Gasteiger partial charge in [0.05, 0.1) is 26.0 Å². The van der Waals surface area contributed by atoms with Crippen LogP contribution in [-0.4, -0.2) is 57.6 Å². The predicted molar refractivity (Wildman–Crippen MR) is 73.5 cm³/mol. The monoisotopic (exact) mass is 293 g/mol. The summed E-state index contributed by atoms with van der Waals surface area (Å²) in [5, 5.41) is 7.05. The molecule has 3 rings (SSSR count). The lowest BCUT2D eigenvalue weighted by Crippen LogP contribution is -2.37. The molecule has 0 saturated carbocycles. The molecule has 0 spiro atoms. The summed E-state index contributed by atoms with van der Waals surface area (Å²) >= 11 is 0. The van der Waals surface area contributed by atoms with E-state index in [2.05, 4.69) is 25.4 Å². The fourth-order valence-corrected chi connectivity index (χ4v) is 2.07. The smallest absolute Gasteiger partial charge is 0.224 e. The summed E-state index contributed by atoms with van der Waals surface area (Å²) in [5.74, 6) is 0.299. The fourth-order valence-electron chi connectivity index (χ4n) is 2.07. The van der Waals surface area contributed by atoms with E-state index < -0.39 is 5.82 Å². The molecule has 8 nitrogen and oxygen atoms in total. The average molecular weight is 293 g/mol. The summed E-state index contributed by atoms with van der Waals surface area (Å²) in [6, 6.07) is 0. The Morgan fingerprint density at radius 2 is 2.19 bits per heavy atom. The van der Waals surface area contributed by atoms with E-state index in [0.29, 0.717) is 51.2 Å². The number of hydrogen-bond acceptors (Lipinski definition) is 7. The molecule has 1 fully saturated rings. The highest BCUT2D eigenvalue weighted by molar-refractivity contribution is 5.44. The molecule has 21 heavy (non-hydrogen) atoms. The van der Waals surface area contributed by atoms with Gasteiger partial charge in [-0.15, -0.1) is 0 Å². The molecule has 2 aromatic heterocycles. The summed E-state index contributed by atoms with van der Waals surface area (Å²) in [6.45, 7) is 3.64. The zero-order valence-corrected chi connectivity index (χ0v) is 11.4. The molecule has 0 unspecified atom stereocenters. The van der Waals surface area contributed by atoms with Crippen LogP contribution < -0.4 is 10.2 Å². The minimum atomic E-state index is -0.418. The number of nitrogens with zero attached hydrogens (tertiary/aromatic N) is 6. The van der Waals surface area contributed by atoms with Gasteiger partial charge in [0.1, 0.15) is 12.7 Å². The van der Waals surface area contributed by atoms with Crippen LogP contribution in [0.5, 0.6) is 0 Å². The minimum absolute atomic E-state index is 0.316. The predicted octanol–water partition coefficient (Wildman–Crippen LogP) is 0.156. The first-order chi connectivity index (χ1) is 10.3. The van der Waals surface area contributed by atoms with Crippen LogP contribution in [0.4, 0.5) is 16.2 Å². The van der Waals surface area contributed by atoms with Gasteiger partial charge in [0.15, 0.2) is 11.6 Å². The lowest BCUT2D eigenvalue weighted by molar-refractivity contribution is 0.122. The Hall–Kier alpha value is -2.29. The Morgan fingerprint density at radius 1 is 1.33 bits per heavy atom. The van der Waals surface area contributed by atoms with E-state index in [4.69, 9.17) is 4.74 Å². The zero-order valence-electron chi connectivity index (χ0n) is 11.4. The van der Waals surface area contributed by atoms with Crippen molar-refractivity contribution in [2.24, 2.45) is 0 Å². The van der Waals surface area contributed by atoms with Gasteiger partial charge in [-0.3, -0.25) is 4.68 Å². The normalized spacial score (nSPS) is 15.2. The number of ether oxygens (including phenoxy) is 1. The lowest BCUT2D eigenvalue weighted by atomic mass is 10.4. The van der Waals surface area contributed by atoms with Crippen LogP contribution in [0.2, 0.25) is 0 Å². The Balaban J connectivity index is 1.62. The SMILES string of the molecule is Fc1cnc(NCCn2cncn2)nc1N1CCOCC1. The molecule has 3 heterocycles. The highest BCUT2D eigenvalue weighted by atomic mass is 19.1. The van der Waals surface area contributed by atoms with E-state index in [0.717, 1.165) is 0 Å². The Kier molecular flexibility index (Phi) is 4.20. The molecule has 1 N–H and O–H groups in total. The highest BCUT2D eigenvalue weighted by Crippen LogP contribution is 2.18. The van der Waals surface area contributed by atoms with Crippen LogP contribution in [0.15, 0.2) is 18.9 Å². The molecule has 0 aliphatic carbocycles. The number of halogens is 1. The van der Waals surface area contributed by atoms with Gasteiger partial charge in [-0.25, -0.2) is 14.4 Å². The third kappa shape index (κ3) is 3.43. The summed E-state index contributed by atoms with van der Waals surface area (Å²) in [6.07, 6.45) is 4.30. The van der Waals surface area contributed by atoms with Gasteiger partial charge in [0, 0.05) is 19.6 Å². The number of rotatable bonds is 5. The highest BCUT2D eigenvalue weighted by Gasteiger charge is 2.17. The number of aromatic nitrogens is 5. The first-order valence-corrected chi connectivity index (χ1v) is 6.74. The summed E-state index contributed by atoms with van der Waals surface area (Å²) in [4.78, 5) is 13.9. The lowest BCUT2D eigenvalue weighted by Gasteiger charge is -2.28. The fraction of sp³-hybridized carbons (Fsp3) is 0.500. The van der Waals surface area contributed by atoms with Crippen molar-refractivity contribution in [2.45, 2.75) is 6.54 Å². The van der Waals surface area contributed by atoms with E-state index in [9.17, 15) is 4.39 Å². The van der Waals surface area contributed by atoms with Crippen LogP contribution in [0, 0.1) is 5.82 Å². The number of anilines is 2. The third-order valence-electron chi connectivity index (χ3n) is 3.13. The summed E-state index contributed by atoms with van der Waals surface area (Å²) < 4.78 is 20.8. The second-order valence-corrected chi connectivity index (χ2v) is 4.55. The number of morpholine rings is 1. The molecule has 0 radical (unpaired) electrons. The molecule has 112 valence electrons. The van der Waals surface area contributed by atoms with Crippen molar-refractivity contribution < 1.29 is 9.13 Å². The van der Waals surface area contributed by atoms with Crippen molar-refractivity contribution in [3.63, 3.8) is 0 Å². The van der Waals surface area contributed by atoms with Gasteiger partial charge in [-0.05, 0) is 0 Å². The quantitative estimate of drug-likeness (QED) is 0.840. The molecule has 1 aliphatic heterocycles. The maximum Gasteiger partial charge on any atom is 0.224 e. The summed E-state index contributed by atoms with van der Waals surface area (Å²) in [5.41, 5.74) is 0. The van der Waals surface area contributed by atoms with Gasteiger partial charge in [-0.2, -0.15) is 10.1 Å². The van der Waals surface area contributed by atoms with Gasteiger partial charge in [0.25, 0.3) is 0 Å². The van der Waals surface area contributed by atoms with E-state index in [1.54, 1.807) is 11.0 Å². The Morgan fingerprint density at radius 3 is 2.95 bits per heavy atom. The Labute approximate surface area is 121 Å². The van der Waals surface area contributed by atoms with Crippen LogP contribution in [0.25, 0.3) is 0 Å². The Bertz CT molecular complexity index is 571. The van der Waals surface area contributed by atoms with Crippen LogP contribution in [-0.2, 0) is 11.3 Å². The zero-order chi connectivity index (χ0) is 14.5. The summed E-state index contributed by atoms with van der Waals surface area (Å²) in [7, 11) is 0. The molecule has 1 saturated heterocycles. The average Bonchev–Trinajstić information content (AvgIpc) is 3.03. The molecule has 2 aromatic rings. The van der Waals surface area contributed by atoms with Crippen molar-refractivity contribution in [3.8, 4) is 0 Å². The van der Waals surface area contributed by atoms with Crippen molar-refractivity contribution in [1.29, 1.82) is 0 Å².